The number of aromatic nitrogens is 2. The maximum Gasteiger partial charge on any atom is 0.270 e. The molecule has 33 heavy (non-hydrogen) atoms. The Kier molecular flexibility index (Phi) is 7.11. The summed E-state index contributed by atoms with van der Waals surface area (Å²) >= 11 is 0. The molecule has 2 aliphatic rings. The van der Waals surface area contributed by atoms with Gasteiger partial charge in [-0.3, -0.25) is 9.69 Å². The molecular weight excluding hydrogens is 422 g/mol. The van der Waals surface area contributed by atoms with Crippen molar-refractivity contribution in [2.45, 2.75) is 46.3 Å². The van der Waals surface area contributed by atoms with Crippen molar-refractivity contribution in [2.75, 3.05) is 63.2 Å². The van der Waals surface area contributed by atoms with Gasteiger partial charge in [0.25, 0.3) is 5.91 Å². The summed E-state index contributed by atoms with van der Waals surface area (Å²) in [6.45, 7) is 14.7. The van der Waals surface area contributed by atoms with Crippen LogP contribution in [0.4, 0.5) is 11.6 Å². The van der Waals surface area contributed by atoms with E-state index in [0.29, 0.717) is 37.3 Å². The first-order valence-corrected chi connectivity index (χ1v) is 11.9. The Bertz CT molecular complexity index is 981. The predicted octanol–water partition coefficient (Wildman–Crippen LogP) is 2.52. The molecule has 2 N–H and O–H groups in total. The van der Waals surface area contributed by atoms with E-state index in [4.69, 9.17) is 19.9 Å². The molecule has 0 aliphatic carbocycles. The molecule has 0 saturated carbocycles. The van der Waals surface area contributed by atoms with Crippen molar-refractivity contribution in [3.05, 3.63) is 12.1 Å². The van der Waals surface area contributed by atoms with Gasteiger partial charge in [-0.15, -0.1) is 0 Å². The van der Waals surface area contributed by atoms with Gasteiger partial charge in [0.15, 0.2) is 5.60 Å². The standard InChI is InChI=1S/C24H37N5O4/c1-17(2)16-32-11-5-6-29-19-15-21-20(14-18(19)26-23(29)25)28(22(30)24(3,4)33-21)8-7-27-9-12-31-13-10-27/h14-15,17H,5-13,16H2,1-4H3,(H2,25,26). The number of hydrogen-bond donors (Lipinski definition) is 1. The van der Waals surface area contributed by atoms with Gasteiger partial charge in [0.05, 0.1) is 29.9 Å². The van der Waals surface area contributed by atoms with E-state index in [1.54, 1.807) is 0 Å². The summed E-state index contributed by atoms with van der Waals surface area (Å²) in [6, 6.07) is 3.90. The number of hydrogen-bond acceptors (Lipinski definition) is 7. The fourth-order valence-corrected chi connectivity index (χ4v) is 4.37. The van der Waals surface area contributed by atoms with E-state index in [2.05, 4.69) is 23.7 Å². The van der Waals surface area contributed by atoms with Crippen molar-refractivity contribution in [3.8, 4) is 5.75 Å². The minimum Gasteiger partial charge on any atom is -0.476 e. The van der Waals surface area contributed by atoms with Crippen LogP contribution in [0.1, 0.15) is 34.1 Å². The topological polar surface area (TPSA) is 95.1 Å². The Morgan fingerprint density at radius 1 is 1.18 bits per heavy atom. The number of anilines is 2. The van der Waals surface area contributed by atoms with Crippen LogP contribution in [0.3, 0.4) is 0 Å². The van der Waals surface area contributed by atoms with Gasteiger partial charge in [0, 0.05) is 52.0 Å². The Balaban J connectivity index is 1.56. The smallest absolute Gasteiger partial charge is 0.270 e. The van der Waals surface area contributed by atoms with Gasteiger partial charge in [-0.05, 0) is 32.3 Å². The number of benzene rings is 1. The molecule has 0 bridgehead atoms. The van der Waals surface area contributed by atoms with Crippen LogP contribution in [0.25, 0.3) is 11.0 Å². The number of nitrogen functional groups attached to an aromatic ring is 1. The molecule has 1 amide bonds. The summed E-state index contributed by atoms with van der Waals surface area (Å²) in [7, 11) is 0. The highest BCUT2D eigenvalue weighted by atomic mass is 16.5. The van der Waals surface area contributed by atoms with Gasteiger partial charge in [0.1, 0.15) is 5.75 Å². The Labute approximate surface area is 195 Å². The molecule has 1 saturated heterocycles. The molecule has 9 heteroatoms. The average Bonchev–Trinajstić information content (AvgIpc) is 3.07. The van der Waals surface area contributed by atoms with E-state index in [-0.39, 0.29) is 5.91 Å². The van der Waals surface area contributed by atoms with Crippen molar-refractivity contribution in [1.82, 2.24) is 14.5 Å². The number of fused-ring (bicyclic) bond motifs is 2. The van der Waals surface area contributed by atoms with Crippen molar-refractivity contribution in [3.63, 3.8) is 0 Å². The molecule has 182 valence electrons. The molecule has 0 spiro atoms. The van der Waals surface area contributed by atoms with Crippen molar-refractivity contribution < 1.29 is 19.0 Å². The number of ether oxygens (including phenoxy) is 3. The number of imidazole rings is 1. The van der Waals surface area contributed by atoms with Crippen molar-refractivity contribution >= 4 is 28.6 Å². The molecule has 1 aromatic carbocycles. The first kappa shape index (κ1) is 23.8. The van der Waals surface area contributed by atoms with Gasteiger partial charge in [-0.25, -0.2) is 4.98 Å². The predicted molar refractivity (Wildman–Crippen MR) is 129 cm³/mol. The number of nitrogens with two attached hydrogens (primary N) is 1. The molecule has 1 aromatic heterocycles. The quantitative estimate of drug-likeness (QED) is 0.576. The lowest BCUT2D eigenvalue weighted by Gasteiger charge is -2.40. The van der Waals surface area contributed by atoms with Crippen LogP contribution in [0.5, 0.6) is 5.75 Å². The second-order valence-electron chi connectivity index (χ2n) is 9.78. The third kappa shape index (κ3) is 5.26. The number of amides is 1. The first-order chi connectivity index (χ1) is 15.8. The fourth-order valence-electron chi connectivity index (χ4n) is 4.37. The number of nitrogens with zero attached hydrogens (tertiary/aromatic N) is 4. The van der Waals surface area contributed by atoms with Crippen LogP contribution in [0, 0.1) is 5.92 Å². The zero-order valence-corrected chi connectivity index (χ0v) is 20.3. The molecule has 0 atom stereocenters. The van der Waals surface area contributed by atoms with Crippen LogP contribution >= 0.6 is 0 Å². The summed E-state index contributed by atoms with van der Waals surface area (Å²) in [5.74, 6) is 1.62. The molecule has 0 radical (unpaired) electrons. The normalized spacial score (nSPS) is 18.7. The number of carbonyl (C=O) groups is 1. The third-order valence-electron chi connectivity index (χ3n) is 6.14. The number of carbonyl (C=O) groups excluding carboxylic acids is 1. The maximum atomic E-state index is 13.2. The Morgan fingerprint density at radius 3 is 2.67 bits per heavy atom. The number of morpholine rings is 1. The van der Waals surface area contributed by atoms with E-state index in [0.717, 1.165) is 62.6 Å². The van der Waals surface area contributed by atoms with Crippen LogP contribution in [-0.2, 0) is 20.8 Å². The first-order valence-electron chi connectivity index (χ1n) is 11.9. The van der Waals surface area contributed by atoms with E-state index < -0.39 is 5.60 Å². The van der Waals surface area contributed by atoms with Crippen LogP contribution < -0.4 is 15.4 Å². The largest absolute Gasteiger partial charge is 0.476 e. The highest BCUT2D eigenvalue weighted by Gasteiger charge is 2.41. The minimum absolute atomic E-state index is 0.0442. The summed E-state index contributed by atoms with van der Waals surface area (Å²) in [5, 5.41) is 0. The second kappa shape index (κ2) is 9.87. The molecule has 2 aromatic rings. The highest BCUT2D eigenvalue weighted by molar-refractivity contribution is 6.04. The Hall–Kier alpha value is -2.36. The lowest BCUT2D eigenvalue weighted by molar-refractivity contribution is -0.132. The van der Waals surface area contributed by atoms with Gasteiger partial charge in [-0.2, -0.15) is 0 Å². The molecule has 3 heterocycles. The van der Waals surface area contributed by atoms with Crippen LogP contribution in [0.2, 0.25) is 0 Å². The molecule has 2 aliphatic heterocycles. The van der Waals surface area contributed by atoms with E-state index in [9.17, 15) is 4.79 Å². The van der Waals surface area contributed by atoms with Gasteiger partial charge in [-0.1, -0.05) is 13.8 Å². The summed E-state index contributed by atoms with van der Waals surface area (Å²) in [4.78, 5) is 22.0. The highest BCUT2D eigenvalue weighted by Crippen LogP contribution is 2.41. The molecule has 9 nitrogen and oxygen atoms in total. The molecule has 4 rings (SSSR count). The van der Waals surface area contributed by atoms with Crippen molar-refractivity contribution in [2.24, 2.45) is 5.92 Å². The molecule has 1 fully saturated rings. The molecule has 0 unspecified atom stereocenters. The van der Waals surface area contributed by atoms with Gasteiger partial charge >= 0.3 is 0 Å². The average molecular weight is 460 g/mol. The van der Waals surface area contributed by atoms with Crippen LogP contribution in [0.15, 0.2) is 12.1 Å². The zero-order chi connectivity index (χ0) is 23.6. The van der Waals surface area contributed by atoms with E-state index in [1.165, 1.54) is 0 Å². The number of rotatable bonds is 9. The second-order valence-corrected chi connectivity index (χ2v) is 9.78. The summed E-state index contributed by atoms with van der Waals surface area (Å²) < 4.78 is 19.3. The fraction of sp³-hybridized carbons (Fsp3) is 0.667. The summed E-state index contributed by atoms with van der Waals surface area (Å²) in [5.41, 5.74) is 7.75. The van der Waals surface area contributed by atoms with Gasteiger partial charge in [0.2, 0.25) is 5.95 Å². The van der Waals surface area contributed by atoms with Crippen LogP contribution in [-0.4, -0.2) is 78.6 Å². The lowest BCUT2D eigenvalue weighted by atomic mass is 10.0. The minimum atomic E-state index is -0.938. The summed E-state index contributed by atoms with van der Waals surface area (Å²) in [6.07, 6.45) is 0.843. The Morgan fingerprint density at radius 2 is 1.94 bits per heavy atom. The lowest BCUT2D eigenvalue weighted by Crippen LogP contribution is -2.54. The zero-order valence-electron chi connectivity index (χ0n) is 20.3. The molecular formula is C24H37N5O4. The maximum absolute atomic E-state index is 13.2. The third-order valence-corrected chi connectivity index (χ3v) is 6.14. The van der Waals surface area contributed by atoms with E-state index >= 15 is 0 Å². The van der Waals surface area contributed by atoms with Crippen molar-refractivity contribution in [1.29, 1.82) is 0 Å². The number of aryl methyl sites for hydroxylation is 1. The van der Waals surface area contributed by atoms with Gasteiger partial charge < -0.3 is 29.4 Å². The monoisotopic (exact) mass is 459 g/mol. The SMILES string of the molecule is CC(C)COCCCn1c(N)nc2cc3c(cc21)OC(C)(C)C(=O)N3CCN1CCOCC1. The van der Waals surface area contributed by atoms with E-state index in [1.807, 2.05) is 35.4 Å².